The van der Waals surface area contributed by atoms with Gasteiger partial charge in [-0.05, 0) is 43.2 Å². The second-order valence-corrected chi connectivity index (χ2v) is 10.4. The molecule has 0 N–H and O–H groups in total. The van der Waals surface area contributed by atoms with Gasteiger partial charge in [-0.3, -0.25) is 9.59 Å². The second-order valence-electron chi connectivity index (χ2n) is 7.92. The summed E-state index contributed by atoms with van der Waals surface area (Å²) in [6.45, 7) is 1.85. The number of sulfonamides is 1. The summed E-state index contributed by atoms with van der Waals surface area (Å²) in [5, 5.41) is 0. The number of carbonyl (C=O) groups is 2. The van der Waals surface area contributed by atoms with Gasteiger partial charge in [-0.1, -0.05) is 76.1 Å². The summed E-state index contributed by atoms with van der Waals surface area (Å²) in [5.41, 5.74) is 2.00. The molecule has 3 aromatic carbocycles. The molecular weight excluding hydrogens is 502 g/mol. The lowest BCUT2D eigenvalue weighted by Gasteiger charge is -2.05. The molecule has 1 aliphatic rings. The topological polar surface area (TPSA) is 80.6 Å². The number of nitrogens with zero attached hydrogens (tertiary/aromatic N) is 1. The quantitative estimate of drug-likeness (QED) is 0.240. The molecule has 0 spiro atoms. The maximum absolute atomic E-state index is 13.3. The van der Waals surface area contributed by atoms with Gasteiger partial charge < -0.3 is 0 Å². The van der Waals surface area contributed by atoms with Gasteiger partial charge in [0.1, 0.15) is 0 Å². The lowest BCUT2D eigenvalue weighted by molar-refractivity contribution is -0.115. The van der Waals surface area contributed by atoms with Gasteiger partial charge in [0.25, 0.3) is 10.0 Å². The molecule has 0 bridgehead atoms. The maximum atomic E-state index is 13.3. The minimum atomic E-state index is -4.04. The summed E-state index contributed by atoms with van der Waals surface area (Å²) in [6, 6.07) is 22.0. The molecule has 166 valence electrons. The number of hydrogen-bond donors (Lipinski definition) is 0. The van der Waals surface area contributed by atoms with E-state index in [1.807, 2.05) is 13.0 Å². The Morgan fingerprint density at radius 1 is 0.909 bits per heavy atom. The summed E-state index contributed by atoms with van der Waals surface area (Å²) in [6.07, 6.45) is 0.413. The molecule has 1 fully saturated rings. The highest BCUT2D eigenvalue weighted by Crippen LogP contribution is 2.44. The van der Waals surface area contributed by atoms with Gasteiger partial charge >= 0.3 is 0 Å². The highest BCUT2D eigenvalue weighted by atomic mass is 79.9. The average Bonchev–Trinajstić information content (AvgIpc) is 3.60. The zero-order valence-electron chi connectivity index (χ0n) is 17.7. The SMILES string of the molecule is Cc1ccc(S(=O)(=O)N=C=C(C(=O)[C@@H]2C[C@H]2C(=O)c2ccccc2)c2cccc(Br)c2)cc1. The second kappa shape index (κ2) is 9.40. The molecule has 7 heteroatoms. The number of allylic oxidation sites excluding steroid dienone is 1. The van der Waals surface area contributed by atoms with E-state index in [1.165, 1.54) is 12.1 Å². The number of ketones is 2. The third-order valence-electron chi connectivity index (χ3n) is 5.48. The zero-order valence-corrected chi connectivity index (χ0v) is 20.1. The molecule has 33 heavy (non-hydrogen) atoms. The van der Waals surface area contributed by atoms with Crippen LogP contribution in [0.5, 0.6) is 0 Å². The van der Waals surface area contributed by atoms with Gasteiger partial charge in [-0.25, -0.2) is 0 Å². The van der Waals surface area contributed by atoms with Crippen LogP contribution in [0.25, 0.3) is 5.57 Å². The van der Waals surface area contributed by atoms with Crippen LogP contribution in [0.4, 0.5) is 0 Å². The first-order chi connectivity index (χ1) is 15.8. The summed E-state index contributed by atoms with van der Waals surface area (Å²) < 4.78 is 29.8. The van der Waals surface area contributed by atoms with Gasteiger partial charge in [0.2, 0.25) is 0 Å². The molecule has 4 rings (SSSR count). The third-order valence-corrected chi connectivity index (χ3v) is 7.17. The summed E-state index contributed by atoms with van der Waals surface area (Å²) >= 11 is 3.38. The van der Waals surface area contributed by atoms with Gasteiger partial charge in [0.15, 0.2) is 11.6 Å². The standard InChI is InChI=1S/C26H20BrNO4S/c1-17-10-12-21(13-11-17)33(31,32)28-16-24(19-8-5-9-20(27)14-19)26(30)23-15-22(23)25(29)18-6-3-2-4-7-18/h2-14,22-23H,15H2,1H3/t22-,23-/m1/s1. The molecule has 0 saturated heterocycles. The number of Topliss-reactive ketones (excluding diaryl/α,β-unsaturated/α-hetero) is 2. The molecule has 3 aromatic rings. The molecule has 1 saturated carbocycles. The van der Waals surface area contributed by atoms with Crippen LogP contribution in [0, 0.1) is 18.8 Å². The van der Waals surface area contributed by atoms with Crippen LogP contribution < -0.4 is 0 Å². The van der Waals surface area contributed by atoms with Crippen LogP contribution in [0.15, 0.2) is 92.6 Å². The Morgan fingerprint density at radius 2 is 1.58 bits per heavy atom. The Balaban J connectivity index is 1.69. The van der Waals surface area contributed by atoms with Gasteiger partial charge in [0.05, 0.1) is 10.5 Å². The van der Waals surface area contributed by atoms with Crippen molar-refractivity contribution in [1.29, 1.82) is 0 Å². The van der Waals surface area contributed by atoms with Crippen LogP contribution in [0.3, 0.4) is 0 Å². The van der Waals surface area contributed by atoms with E-state index >= 15 is 0 Å². The van der Waals surface area contributed by atoms with Crippen molar-refractivity contribution < 1.29 is 18.0 Å². The first-order valence-corrected chi connectivity index (χ1v) is 12.6. The number of aryl methyl sites for hydroxylation is 1. The number of hydrogen-bond acceptors (Lipinski definition) is 4. The van der Waals surface area contributed by atoms with Crippen LogP contribution in [-0.4, -0.2) is 25.9 Å². The van der Waals surface area contributed by atoms with E-state index < -0.39 is 21.9 Å². The summed E-state index contributed by atoms with van der Waals surface area (Å²) in [5.74, 6) is 1.11. The predicted molar refractivity (Wildman–Crippen MR) is 131 cm³/mol. The normalized spacial score (nSPS) is 17.0. The fourth-order valence-corrected chi connectivity index (χ4v) is 4.75. The van der Waals surface area contributed by atoms with E-state index in [2.05, 4.69) is 26.2 Å². The highest BCUT2D eigenvalue weighted by Gasteiger charge is 2.48. The van der Waals surface area contributed by atoms with Crippen molar-refractivity contribution in [2.75, 3.05) is 0 Å². The van der Waals surface area contributed by atoms with E-state index in [4.69, 9.17) is 0 Å². The van der Waals surface area contributed by atoms with Gasteiger partial charge in [-0.2, -0.15) is 8.42 Å². The zero-order chi connectivity index (χ0) is 23.6. The van der Waals surface area contributed by atoms with Crippen molar-refractivity contribution in [3.63, 3.8) is 0 Å². The number of carbonyl (C=O) groups excluding carboxylic acids is 2. The molecule has 0 unspecified atom stereocenters. The van der Waals surface area contributed by atoms with Crippen LogP contribution in [0.1, 0.15) is 27.9 Å². The Morgan fingerprint density at radius 3 is 2.24 bits per heavy atom. The number of halogens is 1. The summed E-state index contributed by atoms with van der Waals surface area (Å²) in [7, 11) is -4.04. The van der Waals surface area contributed by atoms with Gasteiger partial charge in [-0.15, -0.1) is 4.40 Å². The number of rotatable bonds is 7. The van der Waals surface area contributed by atoms with Crippen LogP contribution in [0.2, 0.25) is 0 Å². The molecule has 0 amide bonds. The molecule has 0 radical (unpaired) electrons. The molecule has 5 nitrogen and oxygen atoms in total. The van der Waals surface area contributed by atoms with Crippen molar-refractivity contribution in [3.8, 4) is 0 Å². The van der Waals surface area contributed by atoms with Crippen molar-refractivity contribution in [2.24, 2.45) is 16.2 Å². The van der Waals surface area contributed by atoms with Crippen molar-refractivity contribution in [2.45, 2.75) is 18.2 Å². The lowest BCUT2D eigenvalue weighted by Crippen LogP contribution is -2.11. The van der Waals surface area contributed by atoms with Crippen molar-refractivity contribution in [3.05, 3.63) is 100 Å². The minimum absolute atomic E-state index is 0.0187. The smallest absolute Gasteiger partial charge is 0.289 e. The Hall–Kier alpha value is -3.12. The van der Waals surface area contributed by atoms with E-state index in [-0.39, 0.29) is 22.0 Å². The molecule has 1 aliphatic carbocycles. The lowest BCUT2D eigenvalue weighted by atomic mass is 9.98. The number of benzene rings is 3. The van der Waals surface area contributed by atoms with Crippen molar-refractivity contribution >= 4 is 49.0 Å². The first kappa shape index (κ1) is 23.1. The minimum Gasteiger partial charge on any atom is -0.294 e. The fraction of sp³-hybridized carbons (Fsp3) is 0.154. The van der Waals surface area contributed by atoms with E-state index in [0.717, 1.165) is 10.0 Å². The monoisotopic (exact) mass is 521 g/mol. The van der Waals surface area contributed by atoms with Crippen LogP contribution in [-0.2, 0) is 14.8 Å². The Labute approximate surface area is 201 Å². The van der Waals surface area contributed by atoms with Crippen molar-refractivity contribution in [1.82, 2.24) is 0 Å². The average molecular weight is 522 g/mol. The predicted octanol–water partition coefficient (Wildman–Crippen LogP) is 5.29. The molecule has 0 aliphatic heterocycles. The van der Waals surface area contributed by atoms with E-state index in [1.54, 1.807) is 60.7 Å². The van der Waals surface area contributed by atoms with Gasteiger partial charge in [0, 0.05) is 27.7 Å². The van der Waals surface area contributed by atoms with Crippen LogP contribution >= 0.6 is 15.9 Å². The van der Waals surface area contributed by atoms with E-state index in [0.29, 0.717) is 17.5 Å². The molecule has 0 aromatic heterocycles. The molecular formula is C26H20BrNO4S. The largest absolute Gasteiger partial charge is 0.294 e. The molecule has 2 atom stereocenters. The fourth-order valence-electron chi connectivity index (χ4n) is 3.55. The Kier molecular flexibility index (Phi) is 6.56. The first-order valence-electron chi connectivity index (χ1n) is 10.3. The summed E-state index contributed by atoms with van der Waals surface area (Å²) in [4.78, 5) is 26.1. The maximum Gasteiger partial charge on any atom is 0.289 e. The highest BCUT2D eigenvalue weighted by molar-refractivity contribution is 9.10. The van der Waals surface area contributed by atoms with E-state index in [9.17, 15) is 18.0 Å². The Bertz CT molecular complexity index is 1390. The molecule has 0 heterocycles. The third kappa shape index (κ3) is 5.28.